The summed E-state index contributed by atoms with van der Waals surface area (Å²) in [7, 11) is 0. The number of fused-ring (bicyclic) bond motifs is 1. The van der Waals surface area contributed by atoms with E-state index in [0.29, 0.717) is 11.4 Å². The number of ether oxygens (including phenoxy) is 2. The maximum absolute atomic E-state index is 14.9. The van der Waals surface area contributed by atoms with Crippen molar-refractivity contribution in [1.29, 1.82) is 0 Å². The van der Waals surface area contributed by atoms with Crippen molar-refractivity contribution in [2.75, 3.05) is 25.1 Å². The first-order chi connectivity index (χ1) is 17.3. The van der Waals surface area contributed by atoms with Crippen LogP contribution in [-0.2, 0) is 4.74 Å². The number of hydrogen-bond acceptors (Lipinski definition) is 6. The second-order valence-electron chi connectivity index (χ2n) is 8.36. The molecule has 188 valence electrons. The Labute approximate surface area is 201 Å². The maximum Gasteiger partial charge on any atom is 0.289 e. The lowest BCUT2D eigenvalue weighted by Gasteiger charge is -2.26. The smallest absolute Gasteiger partial charge is 0.289 e. The lowest BCUT2D eigenvalue weighted by molar-refractivity contribution is 0.0181. The second-order valence-corrected chi connectivity index (χ2v) is 8.36. The zero-order valence-electron chi connectivity index (χ0n) is 18.5. The molecule has 0 saturated carbocycles. The van der Waals surface area contributed by atoms with Crippen LogP contribution < -0.4 is 10.1 Å². The summed E-state index contributed by atoms with van der Waals surface area (Å²) in [6, 6.07) is 4.69. The van der Waals surface area contributed by atoms with Crippen LogP contribution in [0.5, 0.6) is 5.75 Å². The van der Waals surface area contributed by atoms with Gasteiger partial charge in [-0.25, -0.2) is 31.9 Å². The standard InChI is InChI=1S/C24H19F5N4O3/c25-12-1-2-16(26)14(5-12)15-8-31-22-20(15)19(3-4-30-22)36-21-17(27)6-13(7-18(21)28)33-23-32-9-24(29,10-34)11-35-23/h1-2,4-8,19,31,34H,3,9-11H2,(H,32,33). The zero-order chi connectivity index (χ0) is 25.4. The minimum absolute atomic E-state index is 0.0505. The highest BCUT2D eigenvalue weighted by Crippen LogP contribution is 2.43. The zero-order valence-corrected chi connectivity index (χ0v) is 18.5. The fourth-order valence-electron chi connectivity index (χ4n) is 3.93. The molecular formula is C24H19F5N4O3. The summed E-state index contributed by atoms with van der Waals surface area (Å²) in [5.74, 6) is -3.84. The Morgan fingerprint density at radius 1 is 1.11 bits per heavy atom. The molecule has 2 aromatic carbocycles. The average Bonchev–Trinajstić information content (AvgIpc) is 3.29. The number of nitrogens with one attached hydrogen (secondary N) is 2. The highest BCUT2D eigenvalue weighted by molar-refractivity contribution is 5.89. The van der Waals surface area contributed by atoms with E-state index >= 15 is 0 Å². The topological polar surface area (TPSA) is 91.2 Å². The van der Waals surface area contributed by atoms with E-state index in [0.717, 1.165) is 30.3 Å². The van der Waals surface area contributed by atoms with Gasteiger partial charge in [0, 0.05) is 53.3 Å². The second kappa shape index (κ2) is 9.26. The van der Waals surface area contributed by atoms with E-state index in [1.165, 1.54) is 12.4 Å². The quantitative estimate of drug-likeness (QED) is 0.427. The summed E-state index contributed by atoms with van der Waals surface area (Å²) in [6.07, 6.45) is 2.08. The number of alkyl halides is 1. The molecule has 3 aromatic rings. The third-order valence-corrected chi connectivity index (χ3v) is 5.75. The number of hydrogen-bond donors (Lipinski definition) is 3. The SMILES string of the molecule is OCC1(F)CN=C(Nc2cc(F)c(OC3CC=Nc4[nH]cc(-c5cc(F)ccc5F)c43)c(F)c2)OC1. The number of H-pyrrole nitrogens is 1. The molecule has 7 nitrogen and oxygen atoms in total. The minimum atomic E-state index is -2.02. The Balaban J connectivity index is 1.40. The number of anilines is 1. The number of halogens is 5. The van der Waals surface area contributed by atoms with Crippen molar-refractivity contribution >= 4 is 23.7 Å². The van der Waals surface area contributed by atoms with Crippen molar-refractivity contribution < 1.29 is 36.5 Å². The lowest BCUT2D eigenvalue weighted by atomic mass is 9.97. The Bertz CT molecular complexity index is 1350. The average molecular weight is 506 g/mol. The monoisotopic (exact) mass is 506 g/mol. The van der Waals surface area contributed by atoms with E-state index < -0.39 is 54.0 Å². The van der Waals surface area contributed by atoms with Gasteiger partial charge in [0.15, 0.2) is 23.1 Å². The van der Waals surface area contributed by atoms with E-state index in [2.05, 4.69) is 20.3 Å². The largest absolute Gasteiger partial charge is 0.479 e. The van der Waals surface area contributed by atoms with Gasteiger partial charge in [0.2, 0.25) is 0 Å². The molecule has 0 spiro atoms. The van der Waals surface area contributed by atoms with Gasteiger partial charge in [-0.3, -0.25) is 0 Å². The number of amidine groups is 1. The van der Waals surface area contributed by atoms with E-state index in [4.69, 9.17) is 14.6 Å². The molecule has 0 aliphatic carbocycles. The molecule has 2 unspecified atom stereocenters. The number of aromatic nitrogens is 1. The molecule has 0 radical (unpaired) electrons. The van der Waals surface area contributed by atoms with Crippen LogP contribution in [0.25, 0.3) is 11.1 Å². The van der Waals surface area contributed by atoms with Crippen LogP contribution in [0.3, 0.4) is 0 Å². The highest BCUT2D eigenvalue weighted by Gasteiger charge is 2.34. The molecule has 2 aliphatic heterocycles. The van der Waals surface area contributed by atoms with Gasteiger partial charge in [-0.1, -0.05) is 0 Å². The van der Waals surface area contributed by atoms with Gasteiger partial charge in [-0.2, -0.15) is 0 Å². The molecular weight excluding hydrogens is 487 g/mol. The maximum atomic E-state index is 14.9. The number of aromatic amines is 1. The Morgan fingerprint density at radius 2 is 1.89 bits per heavy atom. The number of aliphatic imine (C=N–C) groups is 2. The van der Waals surface area contributed by atoms with Gasteiger partial charge in [0.05, 0.1) is 13.2 Å². The van der Waals surface area contributed by atoms with Crippen molar-refractivity contribution in [3.8, 4) is 16.9 Å². The molecule has 0 amide bonds. The molecule has 0 saturated heterocycles. The third-order valence-electron chi connectivity index (χ3n) is 5.75. The first-order valence-corrected chi connectivity index (χ1v) is 10.9. The minimum Gasteiger partial charge on any atom is -0.479 e. The summed E-state index contributed by atoms with van der Waals surface area (Å²) < 4.78 is 82.8. The van der Waals surface area contributed by atoms with Crippen molar-refractivity contribution in [3.63, 3.8) is 0 Å². The predicted molar refractivity (Wildman–Crippen MR) is 121 cm³/mol. The van der Waals surface area contributed by atoms with E-state index in [9.17, 15) is 22.0 Å². The summed E-state index contributed by atoms with van der Waals surface area (Å²) in [5, 5.41) is 11.6. The summed E-state index contributed by atoms with van der Waals surface area (Å²) in [5.41, 5.74) is -1.56. The van der Waals surface area contributed by atoms with Gasteiger partial charge in [0.25, 0.3) is 6.02 Å². The van der Waals surface area contributed by atoms with E-state index in [1.54, 1.807) is 0 Å². The number of benzene rings is 2. The van der Waals surface area contributed by atoms with Crippen LogP contribution in [0.4, 0.5) is 33.5 Å². The molecule has 36 heavy (non-hydrogen) atoms. The van der Waals surface area contributed by atoms with Crippen molar-refractivity contribution in [1.82, 2.24) is 4.98 Å². The predicted octanol–water partition coefficient (Wildman–Crippen LogP) is 4.96. The third kappa shape index (κ3) is 4.51. The Kier molecular flexibility index (Phi) is 6.12. The van der Waals surface area contributed by atoms with Crippen LogP contribution in [0.2, 0.25) is 0 Å². The summed E-state index contributed by atoms with van der Waals surface area (Å²) >= 11 is 0. The molecule has 3 heterocycles. The van der Waals surface area contributed by atoms with Gasteiger partial charge >= 0.3 is 0 Å². The number of nitrogens with zero attached hydrogens (tertiary/aromatic N) is 2. The van der Waals surface area contributed by atoms with Gasteiger partial charge in [0.1, 0.15) is 30.2 Å². The Hall–Kier alpha value is -3.93. The van der Waals surface area contributed by atoms with E-state index in [-0.39, 0.29) is 35.8 Å². The van der Waals surface area contributed by atoms with Crippen LogP contribution in [0.1, 0.15) is 18.1 Å². The van der Waals surface area contributed by atoms with Crippen LogP contribution in [0, 0.1) is 23.3 Å². The van der Waals surface area contributed by atoms with Crippen LogP contribution >= 0.6 is 0 Å². The molecule has 3 N–H and O–H groups in total. The number of rotatable bonds is 5. The van der Waals surface area contributed by atoms with Crippen LogP contribution in [-0.4, -0.2) is 47.8 Å². The lowest BCUT2D eigenvalue weighted by Crippen LogP contribution is -2.43. The molecule has 0 bridgehead atoms. The first-order valence-electron chi connectivity index (χ1n) is 10.9. The van der Waals surface area contributed by atoms with Crippen LogP contribution in [0.15, 0.2) is 46.5 Å². The highest BCUT2D eigenvalue weighted by atomic mass is 19.2. The molecule has 5 rings (SSSR count). The fourth-order valence-corrected chi connectivity index (χ4v) is 3.93. The molecule has 12 heteroatoms. The van der Waals surface area contributed by atoms with Gasteiger partial charge in [-0.05, 0) is 18.2 Å². The molecule has 2 aliphatic rings. The number of aliphatic hydroxyl groups is 1. The van der Waals surface area contributed by atoms with Crippen molar-refractivity contribution in [3.05, 3.63) is 65.4 Å². The normalized spacial score (nSPS) is 20.9. The van der Waals surface area contributed by atoms with Gasteiger partial charge in [-0.15, -0.1) is 0 Å². The first kappa shape index (κ1) is 23.8. The molecule has 1 aromatic heterocycles. The van der Waals surface area contributed by atoms with Crippen molar-refractivity contribution in [2.24, 2.45) is 9.98 Å². The summed E-state index contributed by atoms with van der Waals surface area (Å²) in [4.78, 5) is 10.8. The Morgan fingerprint density at radius 3 is 2.58 bits per heavy atom. The molecule has 0 fully saturated rings. The fraction of sp³-hybridized carbons (Fsp3) is 0.250. The van der Waals surface area contributed by atoms with Gasteiger partial charge < -0.3 is 24.9 Å². The number of aliphatic hydroxyl groups excluding tert-OH is 1. The summed E-state index contributed by atoms with van der Waals surface area (Å²) in [6.45, 7) is -1.63. The molecule has 2 atom stereocenters. The van der Waals surface area contributed by atoms with E-state index in [1.807, 2.05) is 0 Å². The van der Waals surface area contributed by atoms with Crippen molar-refractivity contribution in [2.45, 2.75) is 18.2 Å².